The van der Waals surface area contributed by atoms with Crippen LogP contribution in [0.25, 0.3) is 0 Å². The lowest BCUT2D eigenvalue weighted by atomic mass is 10.1. The molecular weight excluding hydrogens is 254 g/mol. The van der Waals surface area contributed by atoms with Crippen LogP contribution in [0.1, 0.15) is 24.9 Å². The minimum atomic E-state index is -0.894. The highest BCUT2D eigenvalue weighted by Crippen LogP contribution is 2.39. The van der Waals surface area contributed by atoms with E-state index in [1.165, 1.54) is 0 Å². The third-order valence-electron chi connectivity index (χ3n) is 3.17. The van der Waals surface area contributed by atoms with Gasteiger partial charge in [-0.25, -0.2) is 0 Å². The van der Waals surface area contributed by atoms with E-state index in [0.29, 0.717) is 11.4 Å². The van der Waals surface area contributed by atoms with Crippen LogP contribution in [-0.2, 0) is 9.59 Å². The van der Waals surface area contributed by atoms with Gasteiger partial charge in [0, 0.05) is 5.02 Å². The number of carboxylic acids is 1. The Morgan fingerprint density at radius 2 is 1.94 bits per heavy atom. The number of rotatable bonds is 4. The number of carbonyl (C=O) groups is 2. The van der Waals surface area contributed by atoms with Gasteiger partial charge in [-0.05, 0) is 31.0 Å². The first-order valence-electron chi connectivity index (χ1n) is 5.77. The average molecular weight is 268 g/mol. The van der Waals surface area contributed by atoms with E-state index in [9.17, 15) is 9.59 Å². The van der Waals surface area contributed by atoms with Crippen LogP contribution in [0.3, 0.4) is 0 Å². The lowest BCUT2D eigenvalue weighted by Gasteiger charge is -2.14. The van der Waals surface area contributed by atoms with Gasteiger partial charge in [-0.1, -0.05) is 23.7 Å². The Hall–Kier alpha value is -1.55. The SMILES string of the molecule is C[C@@H](NC(=O)C1CC1C(=O)O)c1ccc(Cl)cc1. The molecule has 0 aromatic heterocycles. The molecule has 0 bridgehead atoms. The van der Waals surface area contributed by atoms with Crippen molar-refractivity contribution in [2.24, 2.45) is 11.8 Å². The fourth-order valence-corrected chi connectivity index (χ4v) is 2.04. The second-order valence-corrected chi connectivity index (χ2v) is 5.01. The summed E-state index contributed by atoms with van der Waals surface area (Å²) in [6.07, 6.45) is 0.439. The van der Waals surface area contributed by atoms with Crippen molar-refractivity contribution in [3.8, 4) is 0 Å². The quantitative estimate of drug-likeness (QED) is 0.879. The third kappa shape index (κ3) is 2.82. The molecule has 3 atom stereocenters. The van der Waals surface area contributed by atoms with Crippen LogP contribution in [0.4, 0.5) is 0 Å². The molecule has 96 valence electrons. The summed E-state index contributed by atoms with van der Waals surface area (Å²) in [5, 5.41) is 12.2. The van der Waals surface area contributed by atoms with Crippen molar-refractivity contribution in [2.75, 3.05) is 0 Å². The van der Waals surface area contributed by atoms with Crippen LogP contribution in [0.2, 0.25) is 5.02 Å². The molecule has 0 radical (unpaired) electrons. The standard InChI is InChI=1S/C13H14ClNO3/c1-7(8-2-4-9(14)5-3-8)15-12(16)10-6-11(10)13(17)18/h2-5,7,10-11H,6H2,1H3,(H,15,16)(H,17,18)/t7-,10?,11?/m1/s1. The largest absolute Gasteiger partial charge is 0.481 e. The van der Waals surface area contributed by atoms with Gasteiger partial charge in [0.25, 0.3) is 0 Å². The number of amides is 1. The van der Waals surface area contributed by atoms with E-state index in [1.54, 1.807) is 12.1 Å². The Bertz CT molecular complexity index is 472. The minimum absolute atomic E-state index is 0.148. The number of carboxylic acid groups (broad SMARTS) is 1. The Balaban J connectivity index is 1.92. The van der Waals surface area contributed by atoms with E-state index in [0.717, 1.165) is 5.56 Å². The molecule has 1 aliphatic rings. The second-order valence-electron chi connectivity index (χ2n) is 4.57. The topological polar surface area (TPSA) is 66.4 Å². The third-order valence-corrected chi connectivity index (χ3v) is 3.43. The van der Waals surface area contributed by atoms with E-state index >= 15 is 0 Å². The molecule has 0 heterocycles. The maximum absolute atomic E-state index is 11.8. The Kier molecular flexibility index (Phi) is 3.57. The molecule has 18 heavy (non-hydrogen) atoms. The van der Waals surface area contributed by atoms with E-state index in [1.807, 2.05) is 19.1 Å². The van der Waals surface area contributed by atoms with E-state index in [4.69, 9.17) is 16.7 Å². The zero-order valence-electron chi connectivity index (χ0n) is 9.89. The molecule has 5 heteroatoms. The lowest BCUT2D eigenvalue weighted by Crippen LogP contribution is -2.29. The van der Waals surface area contributed by atoms with Gasteiger partial charge in [-0.15, -0.1) is 0 Å². The number of aliphatic carboxylic acids is 1. The summed E-state index contributed by atoms with van der Waals surface area (Å²) in [5.74, 6) is -1.97. The van der Waals surface area contributed by atoms with Crippen molar-refractivity contribution in [3.05, 3.63) is 34.9 Å². The first-order chi connectivity index (χ1) is 8.49. The predicted molar refractivity (Wildman–Crippen MR) is 67.2 cm³/mol. The highest BCUT2D eigenvalue weighted by molar-refractivity contribution is 6.30. The fourth-order valence-electron chi connectivity index (χ4n) is 1.91. The summed E-state index contributed by atoms with van der Waals surface area (Å²) in [7, 11) is 0. The summed E-state index contributed by atoms with van der Waals surface area (Å²) in [5.41, 5.74) is 0.945. The Morgan fingerprint density at radius 3 is 2.44 bits per heavy atom. The molecule has 2 unspecified atom stereocenters. The minimum Gasteiger partial charge on any atom is -0.481 e. The summed E-state index contributed by atoms with van der Waals surface area (Å²) < 4.78 is 0. The second kappa shape index (κ2) is 4.98. The molecule has 0 aliphatic heterocycles. The number of nitrogens with one attached hydrogen (secondary N) is 1. The molecule has 0 saturated heterocycles. The van der Waals surface area contributed by atoms with Crippen molar-refractivity contribution in [1.29, 1.82) is 0 Å². The molecule has 1 aromatic carbocycles. The van der Waals surface area contributed by atoms with Gasteiger partial charge in [0.05, 0.1) is 17.9 Å². The smallest absolute Gasteiger partial charge is 0.307 e. The van der Waals surface area contributed by atoms with Crippen LogP contribution < -0.4 is 5.32 Å². The molecular formula is C13H14ClNO3. The normalized spacial score (nSPS) is 23.2. The van der Waals surface area contributed by atoms with Crippen LogP contribution in [0.5, 0.6) is 0 Å². The highest BCUT2D eigenvalue weighted by atomic mass is 35.5. The number of halogens is 1. The van der Waals surface area contributed by atoms with Gasteiger partial charge in [-0.3, -0.25) is 9.59 Å². The summed E-state index contributed by atoms with van der Waals surface area (Å²) in [6.45, 7) is 1.86. The van der Waals surface area contributed by atoms with Gasteiger partial charge in [-0.2, -0.15) is 0 Å². The van der Waals surface area contributed by atoms with Crippen molar-refractivity contribution in [1.82, 2.24) is 5.32 Å². The average Bonchev–Trinajstić information content (AvgIpc) is 3.09. The summed E-state index contributed by atoms with van der Waals surface area (Å²) in [6, 6.07) is 7.06. The van der Waals surface area contributed by atoms with Gasteiger partial charge >= 0.3 is 5.97 Å². The molecule has 1 amide bonds. The molecule has 1 saturated carbocycles. The maximum Gasteiger partial charge on any atom is 0.307 e. The molecule has 4 nitrogen and oxygen atoms in total. The lowest BCUT2D eigenvalue weighted by molar-refractivity contribution is -0.140. The number of hydrogen-bond donors (Lipinski definition) is 2. The van der Waals surface area contributed by atoms with E-state index in [2.05, 4.69) is 5.32 Å². The van der Waals surface area contributed by atoms with Crippen molar-refractivity contribution in [3.63, 3.8) is 0 Å². The van der Waals surface area contributed by atoms with E-state index < -0.39 is 11.9 Å². The van der Waals surface area contributed by atoms with Crippen molar-refractivity contribution in [2.45, 2.75) is 19.4 Å². The van der Waals surface area contributed by atoms with Gasteiger partial charge in [0.1, 0.15) is 0 Å². The van der Waals surface area contributed by atoms with Crippen molar-refractivity contribution < 1.29 is 14.7 Å². The number of hydrogen-bond acceptors (Lipinski definition) is 2. The zero-order valence-corrected chi connectivity index (χ0v) is 10.6. The molecule has 2 rings (SSSR count). The Labute approximate surface area is 110 Å². The monoisotopic (exact) mass is 267 g/mol. The van der Waals surface area contributed by atoms with Gasteiger partial charge in [0.15, 0.2) is 0 Å². The van der Waals surface area contributed by atoms with E-state index in [-0.39, 0.29) is 17.9 Å². The first-order valence-corrected chi connectivity index (χ1v) is 6.15. The predicted octanol–water partition coefficient (Wildman–Crippen LogP) is 2.24. The molecule has 1 aromatic rings. The zero-order chi connectivity index (χ0) is 13.3. The summed E-state index contributed by atoms with van der Waals surface area (Å²) in [4.78, 5) is 22.4. The first kappa shape index (κ1) is 12.9. The molecule has 2 N–H and O–H groups in total. The van der Waals surface area contributed by atoms with Gasteiger partial charge < -0.3 is 10.4 Å². The molecule has 1 fully saturated rings. The van der Waals surface area contributed by atoms with Crippen molar-refractivity contribution >= 4 is 23.5 Å². The maximum atomic E-state index is 11.8. The number of carbonyl (C=O) groups excluding carboxylic acids is 1. The van der Waals surface area contributed by atoms with Crippen LogP contribution in [0.15, 0.2) is 24.3 Å². The van der Waals surface area contributed by atoms with Gasteiger partial charge in [0.2, 0.25) is 5.91 Å². The van der Waals surface area contributed by atoms with Crippen LogP contribution in [-0.4, -0.2) is 17.0 Å². The fraction of sp³-hybridized carbons (Fsp3) is 0.385. The number of benzene rings is 1. The molecule has 0 spiro atoms. The van der Waals surface area contributed by atoms with Crippen LogP contribution >= 0.6 is 11.6 Å². The molecule has 1 aliphatic carbocycles. The summed E-state index contributed by atoms with van der Waals surface area (Å²) >= 11 is 5.78. The Morgan fingerprint density at radius 1 is 1.33 bits per heavy atom. The highest BCUT2D eigenvalue weighted by Gasteiger charge is 2.48. The van der Waals surface area contributed by atoms with Crippen LogP contribution in [0, 0.1) is 11.8 Å².